The molecule has 1 atom stereocenters. The zero-order valence-electron chi connectivity index (χ0n) is 12.8. The van der Waals surface area contributed by atoms with Crippen molar-refractivity contribution >= 4 is 47.2 Å². The standard InChI is InChI=1S/C14H22N4OS.2ClH/c1-15-10-4-3-7-18(8-10)9-13(19)17-14-16-11-5-2-6-12(11)20-14;;/h10,15H,2-9H2,1H3,(H,16,17,19);2*1H. The van der Waals surface area contributed by atoms with E-state index in [1.165, 1.54) is 23.4 Å². The Bertz CT molecular complexity index is 476. The zero-order chi connectivity index (χ0) is 13.9. The third kappa shape index (κ3) is 4.80. The molecule has 0 bridgehead atoms. The second-order valence-corrected chi connectivity index (χ2v) is 6.74. The molecule has 1 amide bonds. The Labute approximate surface area is 148 Å². The van der Waals surface area contributed by atoms with E-state index in [1.54, 1.807) is 11.3 Å². The van der Waals surface area contributed by atoms with E-state index < -0.39 is 0 Å². The minimum absolute atomic E-state index is 0. The van der Waals surface area contributed by atoms with Crippen molar-refractivity contribution in [2.45, 2.75) is 38.1 Å². The predicted molar refractivity (Wildman–Crippen MR) is 95.8 cm³/mol. The molecular formula is C14H24Cl2N4OS. The van der Waals surface area contributed by atoms with Crippen LogP contribution in [0.25, 0.3) is 0 Å². The Morgan fingerprint density at radius 1 is 1.36 bits per heavy atom. The molecule has 1 aliphatic carbocycles. The number of fused-ring (bicyclic) bond motifs is 1. The summed E-state index contributed by atoms with van der Waals surface area (Å²) in [7, 11) is 1.99. The van der Waals surface area contributed by atoms with E-state index in [0.29, 0.717) is 12.6 Å². The first-order valence-corrected chi connectivity index (χ1v) is 8.24. The van der Waals surface area contributed by atoms with Gasteiger partial charge in [0.05, 0.1) is 12.2 Å². The highest BCUT2D eigenvalue weighted by Gasteiger charge is 2.22. The van der Waals surface area contributed by atoms with Crippen LogP contribution in [0, 0.1) is 0 Å². The van der Waals surface area contributed by atoms with Crippen LogP contribution in [0.15, 0.2) is 0 Å². The van der Waals surface area contributed by atoms with Crippen LogP contribution in [0.1, 0.15) is 29.8 Å². The highest BCUT2D eigenvalue weighted by atomic mass is 35.5. The largest absolute Gasteiger partial charge is 0.316 e. The third-order valence-electron chi connectivity index (χ3n) is 4.12. The van der Waals surface area contributed by atoms with E-state index in [-0.39, 0.29) is 30.7 Å². The van der Waals surface area contributed by atoms with Crippen LogP contribution in [0.4, 0.5) is 5.13 Å². The summed E-state index contributed by atoms with van der Waals surface area (Å²) >= 11 is 1.64. The smallest absolute Gasteiger partial charge is 0.240 e. The second-order valence-electron chi connectivity index (χ2n) is 5.65. The number of carbonyl (C=O) groups is 1. The summed E-state index contributed by atoms with van der Waals surface area (Å²) in [6, 6.07) is 0.514. The number of carbonyl (C=O) groups excluding carboxylic acids is 1. The van der Waals surface area contributed by atoms with Crippen LogP contribution in [0.2, 0.25) is 0 Å². The summed E-state index contributed by atoms with van der Waals surface area (Å²) in [6.45, 7) is 2.45. The van der Waals surface area contributed by atoms with Crippen LogP contribution in [0.5, 0.6) is 0 Å². The number of anilines is 1. The monoisotopic (exact) mass is 366 g/mol. The fraction of sp³-hybridized carbons (Fsp3) is 0.714. The van der Waals surface area contributed by atoms with E-state index in [2.05, 4.69) is 20.5 Å². The fourth-order valence-electron chi connectivity index (χ4n) is 3.04. The molecule has 3 rings (SSSR count). The van der Waals surface area contributed by atoms with Gasteiger partial charge in [0, 0.05) is 17.5 Å². The minimum Gasteiger partial charge on any atom is -0.316 e. The summed E-state index contributed by atoms with van der Waals surface area (Å²) in [6.07, 6.45) is 5.76. The minimum atomic E-state index is 0. The maximum absolute atomic E-state index is 12.1. The number of likely N-dealkylation sites (tertiary alicyclic amines) is 1. The number of hydrogen-bond donors (Lipinski definition) is 2. The lowest BCUT2D eigenvalue weighted by atomic mass is 10.1. The first-order valence-electron chi connectivity index (χ1n) is 7.42. The Kier molecular flexibility index (Phi) is 8.07. The summed E-state index contributed by atoms with van der Waals surface area (Å²) in [5.74, 6) is 0.0641. The normalized spacial score (nSPS) is 20.7. The first kappa shape index (κ1) is 19.6. The van der Waals surface area contributed by atoms with Gasteiger partial charge in [-0.1, -0.05) is 0 Å². The lowest BCUT2D eigenvalue weighted by Crippen LogP contribution is -2.46. The third-order valence-corrected chi connectivity index (χ3v) is 5.20. The molecule has 2 aliphatic rings. The lowest BCUT2D eigenvalue weighted by molar-refractivity contribution is -0.117. The van der Waals surface area contributed by atoms with E-state index >= 15 is 0 Å². The highest BCUT2D eigenvalue weighted by Crippen LogP contribution is 2.30. The number of nitrogens with one attached hydrogen (secondary N) is 2. The van der Waals surface area contributed by atoms with Gasteiger partial charge in [-0.15, -0.1) is 36.2 Å². The molecule has 8 heteroatoms. The van der Waals surface area contributed by atoms with Crippen molar-refractivity contribution in [3.63, 3.8) is 0 Å². The molecule has 2 N–H and O–H groups in total. The molecule has 126 valence electrons. The predicted octanol–water partition coefficient (Wildman–Crippen LogP) is 2.10. The van der Waals surface area contributed by atoms with Crippen LogP contribution in [-0.4, -0.2) is 48.5 Å². The molecule has 1 aliphatic heterocycles. The number of nitrogens with zero attached hydrogens (tertiary/aromatic N) is 2. The number of hydrogen-bond acceptors (Lipinski definition) is 5. The summed E-state index contributed by atoms with van der Waals surface area (Å²) in [5, 5.41) is 7.04. The Balaban J connectivity index is 0.00000121. The summed E-state index contributed by atoms with van der Waals surface area (Å²) < 4.78 is 0. The van der Waals surface area contributed by atoms with Crippen LogP contribution >= 0.6 is 36.2 Å². The number of piperidine rings is 1. The molecule has 0 aromatic carbocycles. The van der Waals surface area contributed by atoms with Crippen molar-refractivity contribution in [1.82, 2.24) is 15.2 Å². The van der Waals surface area contributed by atoms with Crippen molar-refractivity contribution in [2.24, 2.45) is 0 Å². The number of rotatable bonds is 4. The van der Waals surface area contributed by atoms with Crippen molar-refractivity contribution < 1.29 is 4.79 Å². The Hall–Kier alpha value is -0.400. The topological polar surface area (TPSA) is 57.3 Å². The SMILES string of the molecule is CNC1CCCN(CC(=O)Nc2nc3c(s2)CCC3)C1.Cl.Cl. The number of aromatic nitrogens is 1. The molecule has 1 aromatic heterocycles. The van der Waals surface area contributed by atoms with Crippen LogP contribution < -0.4 is 10.6 Å². The molecule has 1 fully saturated rings. The fourth-order valence-corrected chi connectivity index (χ4v) is 4.11. The quantitative estimate of drug-likeness (QED) is 0.856. The molecule has 0 saturated carbocycles. The average Bonchev–Trinajstić information content (AvgIpc) is 2.99. The molecule has 22 heavy (non-hydrogen) atoms. The van der Waals surface area contributed by atoms with Crippen LogP contribution in [-0.2, 0) is 17.6 Å². The maximum atomic E-state index is 12.1. The Morgan fingerprint density at radius 2 is 2.18 bits per heavy atom. The van der Waals surface area contributed by atoms with E-state index in [4.69, 9.17) is 0 Å². The average molecular weight is 367 g/mol. The molecule has 1 aromatic rings. The lowest BCUT2D eigenvalue weighted by Gasteiger charge is -2.31. The summed E-state index contributed by atoms with van der Waals surface area (Å²) in [4.78, 5) is 20.2. The van der Waals surface area contributed by atoms with Gasteiger partial charge in [-0.05, 0) is 45.7 Å². The van der Waals surface area contributed by atoms with E-state index in [0.717, 1.165) is 37.5 Å². The van der Waals surface area contributed by atoms with Gasteiger partial charge in [-0.2, -0.15) is 0 Å². The van der Waals surface area contributed by atoms with Crippen molar-refractivity contribution in [2.75, 3.05) is 32.0 Å². The van der Waals surface area contributed by atoms with Gasteiger partial charge < -0.3 is 10.6 Å². The Morgan fingerprint density at radius 3 is 2.91 bits per heavy atom. The van der Waals surface area contributed by atoms with E-state index in [1.807, 2.05) is 7.05 Å². The van der Waals surface area contributed by atoms with Gasteiger partial charge in [-0.25, -0.2) is 4.98 Å². The first-order chi connectivity index (χ1) is 9.74. The molecule has 0 spiro atoms. The van der Waals surface area contributed by atoms with Crippen molar-refractivity contribution in [3.05, 3.63) is 10.6 Å². The maximum Gasteiger partial charge on any atom is 0.240 e. The number of amides is 1. The van der Waals surface area contributed by atoms with E-state index in [9.17, 15) is 4.79 Å². The molecular weight excluding hydrogens is 343 g/mol. The molecule has 1 saturated heterocycles. The van der Waals surface area contributed by atoms with Gasteiger partial charge >= 0.3 is 0 Å². The number of halogens is 2. The van der Waals surface area contributed by atoms with Gasteiger partial charge in [0.2, 0.25) is 5.91 Å². The number of thiazole rings is 1. The van der Waals surface area contributed by atoms with Crippen molar-refractivity contribution in [3.8, 4) is 0 Å². The molecule has 0 radical (unpaired) electrons. The number of likely N-dealkylation sites (N-methyl/N-ethyl adjacent to an activating group) is 1. The second kappa shape index (κ2) is 9.03. The van der Waals surface area contributed by atoms with Gasteiger partial charge in [-0.3, -0.25) is 9.69 Å². The number of aryl methyl sites for hydroxylation is 2. The van der Waals surface area contributed by atoms with Crippen molar-refractivity contribution in [1.29, 1.82) is 0 Å². The summed E-state index contributed by atoms with van der Waals surface area (Å²) in [5.41, 5.74) is 1.19. The van der Waals surface area contributed by atoms with Gasteiger partial charge in [0.25, 0.3) is 0 Å². The van der Waals surface area contributed by atoms with Crippen LogP contribution in [0.3, 0.4) is 0 Å². The molecule has 5 nitrogen and oxygen atoms in total. The van der Waals surface area contributed by atoms with Gasteiger partial charge in [0.1, 0.15) is 0 Å². The van der Waals surface area contributed by atoms with Gasteiger partial charge in [0.15, 0.2) is 5.13 Å². The zero-order valence-corrected chi connectivity index (χ0v) is 15.2. The molecule has 1 unspecified atom stereocenters. The highest BCUT2D eigenvalue weighted by molar-refractivity contribution is 7.15. The molecule has 2 heterocycles.